The number of amides is 4. The van der Waals surface area contributed by atoms with Gasteiger partial charge >= 0.3 is 12.0 Å². The van der Waals surface area contributed by atoms with Crippen LogP contribution in [0.25, 0.3) is 0 Å². The number of ether oxygens (including phenoxy) is 1. The smallest absolute Gasteiger partial charge is 0.328 e. The van der Waals surface area contributed by atoms with E-state index in [1.54, 1.807) is 5.32 Å². The molecule has 0 aliphatic heterocycles. The monoisotopic (exact) mass is 327 g/mol. The van der Waals surface area contributed by atoms with Gasteiger partial charge in [-0.2, -0.15) is 0 Å². The number of carbonyl (C=O) groups excluding carboxylic acids is 4. The topological polar surface area (TPSA) is 128 Å². The lowest BCUT2D eigenvalue weighted by Crippen LogP contribution is -2.42. The Hall–Kier alpha value is -2.61. The molecule has 0 bridgehead atoms. The van der Waals surface area contributed by atoms with Crippen LogP contribution >= 0.6 is 11.6 Å². The standard InChI is InChI=1S/C13H14ClN3O5/c1-7(12(20)22-6-10(18)17-13(15)21)16-11(19)8-2-4-9(14)5-3-8/h2-5,7H,6H2,1H3,(H,16,19)(H3,15,17,18,21)/t7-/m0/s1. The molecule has 0 unspecified atom stereocenters. The van der Waals surface area contributed by atoms with E-state index in [0.29, 0.717) is 10.6 Å². The zero-order chi connectivity index (χ0) is 16.7. The Morgan fingerprint density at radius 3 is 2.36 bits per heavy atom. The van der Waals surface area contributed by atoms with Crippen molar-refractivity contribution in [1.82, 2.24) is 10.6 Å². The maximum Gasteiger partial charge on any atom is 0.328 e. The molecule has 1 atom stereocenters. The molecule has 0 aliphatic rings. The number of hydrogen-bond donors (Lipinski definition) is 3. The highest BCUT2D eigenvalue weighted by Crippen LogP contribution is 2.09. The van der Waals surface area contributed by atoms with E-state index >= 15 is 0 Å². The van der Waals surface area contributed by atoms with Gasteiger partial charge in [-0.3, -0.25) is 14.9 Å². The highest BCUT2D eigenvalue weighted by atomic mass is 35.5. The molecule has 22 heavy (non-hydrogen) atoms. The molecular weight excluding hydrogens is 314 g/mol. The van der Waals surface area contributed by atoms with E-state index in [2.05, 4.69) is 10.1 Å². The van der Waals surface area contributed by atoms with Gasteiger partial charge in [0.25, 0.3) is 11.8 Å². The number of benzene rings is 1. The Kier molecular flexibility index (Phi) is 6.33. The quantitative estimate of drug-likeness (QED) is 0.665. The molecule has 9 heteroatoms. The summed E-state index contributed by atoms with van der Waals surface area (Å²) in [6.45, 7) is 0.713. The lowest BCUT2D eigenvalue weighted by molar-refractivity contribution is -0.149. The third-order valence-corrected chi connectivity index (χ3v) is 2.67. The van der Waals surface area contributed by atoms with Crippen LogP contribution < -0.4 is 16.4 Å². The first-order valence-electron chi connectivity index (χ1n) is 6.12. The molecule has 0 heterocycles. The molecule has 118 valence electrons. The van der Waals surface area contributed by atoms with Gasteiger partial charge in [0, 0.05) is 10.6 Å². The molecule has 4 amide bonds. The van der Waals surface area contributed by atoms with Crippen LogP contribution in [0.15, 0.2) is 24.3 Å². The second-order valence-corrected chi connectivity index (χ2v) is 4.66. The molecular formula is C13H14ClN3O5. The Bertz CT molecular complexity index is 588. The molecule has 8 nitrogen and oxygen atoms in total. The second-order valence-electron chi connectivity index (χ2n) is 4.22. The molecule has 1 rings (SSSR count). The van der Waals surface area contributed by atoms with E-state index < -0.39 is 36.5 Å². The Balaban J connectivity index is 2.46. The minimum Gasteiger partial charge on any atom is -0.454 e. The summed E-state index contributed by atoms with van der Waals surface area (Å²) in [6, 6.07) is 4.03. The summed E-state index contributed by atoms with van der Waals surface area (Å²) in [7, 11) is 0. The number of nitrogens with two attached hydrogens (primary N) is 1. The predicted molar refractivity (Wildman–Crippen MR) is 77.1 cm³/mol. The summed E-state index contributed by atoms with van der Waals surface area (Å²) in [6.07, 6.45) is 0. The number of urea groups is 1. The van der Waals surface area contributed by atoms with E-state index in [0.717, 1.165) is 0 Å². The average molecular weight is 328 g/mol. The third-order valence-electron chi connectivity index (χ3n) is 2.42. The van der Waals surface area contributed by atoms with Crippen molar-refractivity contribution in [2.75, 3.05) is 6.61 Å². The van der Waals surface area contributed by atoms with Crippen LogP contribution in [0, 0.1) is 0 Å². The summed E-state index contributed by atoms with van der Waals surface area (Å²) < 4.78 is 4.63. The summed E-state index contributed by atoms with van der Waals surface area (Å²) in [4.78, 5) is 44.9. The number of nitrogens with one attached hydrogen (secondary N) is 2. The van der Waals surface area contributed by atoms with Crippen LogP contribution in [0.5, 0.6) is 0 Å². The van der Waals surface area contributed by atoms with Crippen molar-refractivity contribution >= 4 is 35.4 Å². The van der Waals surface area contributed by atoms with Crippen molar-refractivity contribution in [3.05, 3.63) is 34.9 Å². The zero-order valence-corrected chi connectivity index (χ0v) is 12.3. The maximum absolute atomic E-state index is 11.9. The summed E-state index contributed by atoms with van der Waals surface area (Å²) in [5.74, 6) is -2.19. The zero-order valence-electron chi connectivity index (χ0n) is 11.6. The molecule has 0 aliphatic carbocycles. The van der Waals surface area contributed by atoms with Crippen LogP contribution in [0.3, 0.4) is 0 Å². The van der Waals surface area contributed by atoms with Gasteiger partial charge in [0.05, 0.1) is 0 Å². The van der Waals surface area contributed by atoms with Crippen LogP contribution in [0.4, 0.5) is 4.79 Å². The fourth-order valence-electron chi connectivity index (χ4n) is 1.38. The fourth-order valence-corrected chi connectivity index (χ4v) is 1.50. The van der Waals surface area contributed by atoms with Gasteiger partial charge in [-0.15, -0.1) is 0 Å². The van der Waals surface area contributed by atoms with Crippen LogP contribution in [0.1, 0.15) is 17.3 Å². The van der Waals surface area contributed by atoms with Gasteiger partial charge in [-0.05, 0) is 31.2 Å². The fraction of sp³-hybridized carbons (Fsp3) is 0.231. The largest absolute Gasteiger partial charge is 0.454 e. The van der Waals surface area contributed by atoms with Crippen molar-refractivity contribution in [2.45, 2.75) is 13.0 Å². The number of carbonyl (C=O) groups is 4. The lowest BCUT2D eigenvalue weighted by Gasteiger charge is -2.13. The SMILES string of the molecule is C[C@H](NC(=O)c1ccc(Cl)cc1)C(=O)OCC(=O)NC(N)=O. The molecule has 0 aromatic heterocycles. The van der Waals surface area contributed by atoms with Gasteiger partial charge in [0.1, 0.15) is 6.04 Å². The lowest BCUT2D eigenvalue weighted by atomic mass is 10.2. The van der Waals surface area contributed by atoms with Gasteiger partial charge in [0.15, 0.2) is 6.61 Å². The molecule has 0 saturated heterocycles. The van der Waals surface area contributed by atoms with E-state index in [1.807, 2.05) is 0 Å². The van der Waals surface area contributed by atoms with E-state index in [9.17, 15) is 19.2 Å². The highest BCUT2D eigenvalue weighted by molar-refractivity contribution is 6.30. The molecule has 0 fully saturated rings. The first-order valence-corrected chi connectivity index (χ1v) is 6.49. The molecule has 0 radical (unpaired) electrons. The average Bonchev–Trinajstić information content (AvgIpc) is 2.44. The number of esters is 1. The maximum atomic E-state index is 11.9. The minimum atomic E-state index is -1.05. The van der Waals surface area contributed by atoms with Crippen molar-refractivity contribution in [3.8, 4) is 0 Å². The normalized spacial score (nSPS) is 11.2. The van der Waals surface area contributed by atoms with Gasteiger partial charge in [-0.1, -0.05) is 11.6 Å². The second kappa shape index (κ2) is 7.99. The van der Waals surface area contributed by atoms with E-state index in [1.165, 1.54) is 31.2 Å². The van der Waals surface area contributed by atoms with Gasteiger partial charge in [-0.25, -0.2) is 9.59 Å². The molecule has 1 aromatic carbocycles. The first kappa shape index (κ1) is 17.4. The number of halogens is 1. The van der Waals surface area contributed by atoms with Crippen molar-refractivity contribution < 1.29 is 23.9 Å². The van der Waals surface area contributed by atoms with Gasteiger partial charge in [0.2, 0.25) is 0 Å². The number of rotatable bonds is 5. The third kappa shape index (κ3) is 5.80. The predicted octanol–water partition coefficient (Wildman–Crippen LogP) is 0.196. The Labute approximate surface area is 130 Å². The van der Waals surface area contributed by atoms with Crippen molar-refractivity contribution in [2.24, 2.45) is 5.73 Å². The summed E-state index contributed by atoms with van der Waals surface area (Å²) >= 11 is 5.70. The van der Waals surface area contributed by atoms with Crippen LogP contribution in [0.2, 0.25) is 5.02 Å². The van der Waals surface area contributed by atoms with Gasteiger partial charge < -0.3 is 15.8 Å². The molecule has 0 saturated carbocycles. The Morgan fingerprint density at radius 1 is 1.23 bits per heavy atom. The summed E-state index contributed by atoms with van der Waals surface area (Å²) in [5.41, 5.74) is 5.04. The van der Waals surface area contributed by atoms with Crippen LogP contribution in [-0.4, -0.2) is 36.5 Å². The molecule has 4 N–H and O–H groups in total. The number of primary amides is 1. The minimum absolute atomic E-state index is 0.315. The molecule has 1 aromatic rings. The number of hydrogen-bond acceptors (Lipinski definition) is 5. The van der Waals surface area contributed by atoms with Crippen molar-refractivity contribution in [3.63, 3.8) is 0 Å². The highest BCUT2D eigenvalue weighted by Gasteiger charge is 2.19. The number of imide groups is 1. The van der Waals surface area contributed by atoms with Crippen molar-refractivity contribution in [1.29, 1.82) is 0 Å². The molecule has 0 spiro atoms. The van der Waals surface area contributed by atoms with Crippen LogP contribution in [-0.2, 0) is 14.3 Å². The summed E-state index contributed by atoms with van der Waals surface area (Å²) in [5, 5.41) is 4.61. The first-order chi connectivity index (χ1) is 10.3. The Morgan fingerprint density at radius 2 is 1.82 bits per heavy atom. The van der Waals surface area contributed by atoms with E-state index in [-0.39, 0.29) is 0 Å². The van der Waals surface area contributed by atoms with E-state index in [4.69, 9.17) is 17.3 Å².